The molecule has 0 aliphatic carbocycles. The molecule has 1 aliphatic heterocycles. The van der Waals surface area contributed by atoms with E-state index in [1.54, 1.807) is 5.01 Å². The van der Waals surface area contributed by atoms with Gasteiger partial charge in [-0.05, 0) is 36.6 Å². The quantitative estimate of drug-likeness (QED) is 0.441. The number of nitrogens with zero attached hydrogens (tertiary/aromatic N) is 5. The Morgan fingerprint density at radius 1 is 1.22 bits per heavy atom. The first-order valence-corrected chi connectivity index (χ1v) is 9.25. The zero-order valence-corrected chi connectivity index (χ0v) is 16.3. The molecule has 0 unspecified atom stereocenters. The Balaban J connectivity index is 1.68. The maximum atomic E-state index is 10.5. The van der Waals surface area contributed by atoms with E-state index in [9.17, 15) is 5.11 Å². The first-order chi connectivity index (χ1) is 13.0. The van der Waals surface area contributed by atoms with E-state index < -0.39 is 0 Å². The van der Waals surface area contributed by atoms with E-state index >= 15 is 0 Å². The van der Waals surface area contributed by atoms with Crippen LogP contribution in [0.5, 0.6) is 5.75 Å². The minimum atomic E-state index is 0.253. The second-order valence-electron chi connectivity index (χ2n) is 7.23. The van der Waals surface area contributed by atoms with Crippen molar-refractivity contribution in [3.63, 3.8) is 0 Å². The number of aromatic hydroxyl groups is 1. The number of aromatic nitrogens is 2. The molecule has 0 saturated heterocycles. The molecule has 3 aromatic rings. The van der Waals surface area contributed by atoms with Crippen molar-refractivity contribution in [3.8, 4) is 5.75 Å². The molecule has 0 radical (unpaired) electrons. The number of anilines is 2. The van der Waals surface area contributed by atoms with Crippen LogP contribution in [-0.2, 0) is 20.5 Å². The minimum Gasteiger partial charge on any atom is -0.506 e. The van der Waals surface area contributed by atoms with Gasteiger partial charge in [-0.25, -0.2) is 9.13 Å². The number of benzene rings is 2. The van der Waals surface area contributed by atoms with Crippen LogP contribution in [0.1, 0.15) is 17.8 Å². The summed E-state index contributed by atoms with van der Waals surface area (Å²) in [7, 11) is 8.01. The van der Waals surface area contributed by atoms with Gasteiger partial charge in [0, 0.05) is 32.4 Å². The predicted octanol–water partition coefficient (Wildman–Crippen LogP) is 2.56. The van der Waals surface area contributed by atoms with Gasteiger partial charge in [-0.15, -0.1) is 0 Å². The monoisotopic (exact) mass is 364 g/mol. The van der Waals surface area contributed by atoms with E-state index in [1.165, 1.54) is 5.56 Å². The lowest BCUT2D eigenvalue weighted by Gasteiger charge is -2.29. The fourth-order valence-corrected chi connectivity index (χ4v) is 3.93. The zero-order chi connectivity index (χ0) is 19.1. The van der Waals surface area contributed by atoms with Gasteiger partial charge in [-0.1, -0.05) is 12.1 Å². The van der Waals surface area contributed by atoms with Crippen LogP contribution in [-0.4, -0.2) is 36.5 Å². The average molecular weight is 364 g/mol. The summed E-state index contributed by atoms with van der Waals surface area (Å²) in [6.07, 6.45) is 4.00. The Hall–Kier alpha value is -3.02. The maximum Gasteiger partial charge on any atom is 0.302 e. The molecule has 1 aliphatic rings. The van der Waals surface area contributed by atoms with Crippen LogP contribution in [0.3, 0.4) is 0 Å². The van der Waals surface area contributed by atoms with Crippen molar-refractivity contribution >= 4 is 28.6 Å². The highest BCUT2D eigenvalue weighted by Gasteiger charge is 2.20. The lowest BCUT2D eigenvalue weighted by molar-refractivity contribution is -0.646. The number of hydrogen-bond donors (Lipinski definition) is 1. The molecule has 6 nitrogen and oxygen atoms in total. The molecule has 0 amide bonds. The number of hydrogen-bond acceptors (Lipinski definition) is 4. The SMILES string of the molecule is CN1CCCc2cc(N(C)/N=C/c3n(C)c4ccccc4[n+]3C)c(O)cc21. The fourth-order valence-electron chi connectivity index (χ4n) is 3.93. The van der Waals surface area contributed by atoms with Crippen molar-refractivity contribution in [1.29, 1.82) is 0 Å². The fraction of sp³-hybridized carbons (Fsp3) is 0.333. The van der Waals surface area contributed by atoms with E-state index in [0.717, 1.165) is 47.6 Å². The molecule has 140 valence electrons. The molecule has 1 aromatic heterocycles. The van der Waals surface area contributed by atoms with Gasteiger partial charge in [0.2, 0.25) is 0 Å². The van der Waals surface area contributed by atoms with Gasteiger partial charge >= 0.3 is 5.82 Å². The number of imidazole rings is 1. The van der Waals surface area contributed by atoms with Gasteiger partial charge < -0.3 is 10.0 Å². The number of para-hydroxylation sites is 2. The number of aryl methyl sites for hydroxylation is 3. The topological polar surface area (TPSA) is 47.9 Å². The van der Waals surface area contributed by atoms with E-state index in [2.05, 4.69) is 44.4 Å². The predicted molar refractivity (Wildman–Crippen MR) is 110 cm³/mol. The summed E-state index contributed by atoms with van der Waals surface area (Å²) in [5.41, 5.74) is 5.41. The highest BCUT2D eigenvalue weighted by atomic mass is 16.3. The van der Waals surface area contributed by atoms with Crippen molar-refractivity contribution in [3.05, 3.63) is 47.8 Å². The lowest BCUT2D eigenvalue weighted by atomic mass is 10.0. The molecule has 0 fully saturated rings. The average Bonchev–Trinajstić information content (AvgIpc) is 2.91. The van der Waals surface area contributed by atoms with Crippen LogP contribution >= 0.6 is 0 Å². The molecule has 1 N–H and O–H groups in total. The maximum absolute atomic E-state index is 10.5. The first kappa shape index (κ1) is 17.4. The smallest absolute Gasteiger partial charge is 0.302 e. The Kier molecular flexibility index (Phi) is 4.26. The number of phenols is 1. The summed E-state index contributed by atoms with van der Waals surface area (Å²) in [4.78, 5) is 2.20. The molecule has 0 atom stereocenters. The highest BCUT2D eigenvalue weighted by Crippen LogP contribution is 2.37. The van der Waals surface area contributed by atoms with Crippen molar-refractivity contribution in [2.75, 3.05) is 30.5 Å². The summed E-state index contributed by atoms with van der Waals surface area (Å²) < 4.78 is 4.24. The van der Waals surface area contributed by atoms with E-state index in [4.69, 9.17) is 0 Å². The van der Waals surface area contributed by atoms with Gasteiger partial charge in [0.1, 0.15) is 17.7 Å². The van der Waals surface area contributed by atoms with Crippen molar-refractivity contribution in [2.45, 2.75) is 12.8 Å². The number of phenolic OH excluding ortho intramolecular Hbond substituents is 1. The summed E-state index contributed by atoms with van der Waals surface area (Å²) in [5.74, 6) is 1.24. The standard InChI is InChI=1S/C21H25N5O/c1-23-11-7-8-15-12-19(20(27)13-18(15)23)26(4)22-14-21-24(2)16-9-5-6-10-17(16)25(21)3/h5-6,9-10,12-14H,7-8,11H2,1-4H3/p+1. The van der Waals surface area contributed by atoms with Crippen LogP contribution in [0.4, 0.5) is 11.4 Å². The molecule has 4 rings (SSSR count). The summed E-state index contributed by atoms with van der Waals surface area (Å²) in [6.45, 7) is 1.03. The second kappa shape index (κ2) is 6.61. The van der Waals surface area contributed by atoms with E-state index in [-0.39, 0.29) is 5.75 Å². The van der Waals surface area contributed by atoms with E-state index in [0.29, 0.717) is 0 Å². The van der Waals surface area contributed by atoms with Crippen LogP contribution in [0.2, 0.25) is 0 Å². The molecule has 0 spiro atoms. The van der Waals surface area contributed by atoms with Gasteiger partial charge in [0.05, 0.1) is 14.1 Å². The molecule has 0 saturated carbocycles. The van der Waals surface area contributed by atoms with Crippen molar-refractivity contribution < 1.29 is 9.67 Å². The normalized spacial score (nSPS) is 14.1. The Labute approximate surface area is 159 Å². The number of hydrazone groups is 1. The number of rotatable bonds is 3. The third kappa shape index (κ3) is 2.91. The Morgan fingerprint density at radius 3 is 2.78 bits per heavy atom. The van der Waals surface area contributed by atoms with Gasteiger partial charge in [0.25, 0.3) is 0 Å². The van der Waals surface area contributed by atoms with Crippen LogP contribution in [0, 0.1) is 0 Å². The van der Waals surface area contributed by atoms with Crippen LogP contribution in [0.15, 0.2) is 41.5 Å². The Morgan fingerprint density at radius 2 is 2.00 bits per heavy atom. The molecule has 2 heterocycles. The second-order valence-corrected chi connectivity index (χ2v) is 7.23. The largest absolute Gasteiger partial charge is 0.506 e. The molecule has 0 bridgehead atoms. The van der Waals surface area contributed by atoms with Crippen LogP contribution < -0.4 is 14.5 Å². The Bertz CT molecular complexity index is 998. The van der Waals surface area contributed by atoms with E-state index in [1.807, 2.05) is 45.6 Å². The third-order valence-corrected chi connectivity index (χ3v) is 5.51. The molecular formula is C21H26N5O+. The summed E-state index contributed by atoms with van der Waals surface area (Å²) in [5, 5.41) is 16.9. The zero-order valence-electron chi connectivity index (χ0n) is 16.3. The molecular weight excluding hydrogens is 338 g/mol. The summed E-state index contributed by atoms with van der Waals surface area (Å²) >= 11 is 0. The third-order valence-electron chi connectivity index (χ3n) is 5.51. The van der Waals surface area contributed by atoms with Crippen molar-refractivity contribution in [2.24, 2.45) is 19.2 Å². The van der Waals surface area contributed by atoms with Crippen LogP contribution in [0.25, 0.3) is 11.0 Å². The van der Waals surface area contributed by atoms with Gasteiger partial charge in [0.15, 0.2) is 11.0 Å². The minimum absolute atomic E-state index is 0.253. The molecule has 27 heavy (non-hydrogen) atoms. The molecule has 6 heteroatoms. The van der Waals surface area contributed by atoms with Crippen molar-refractivity contribution in [1.82, 2.24) is 4.57 Å². The first-order valence-electron chi connectivity index (χ1n) is 9.25. The summed E-state index contributed by atoms with van der Waals surface area (Å²) in [6, 6.07) is 12.2. The number of fused-ring (bicyclic) bond motifs is 2. The lowest BCUT2D eigenvalue weighted by Crippen LogP contribution is -2.33. The van der Waals surface area contributed by atoms with Gasteiger partial charge in [-0.3, -0.25) is 5.01 Å². The molecule has 2 aromatic carbocycles. The van der Waals surface area contributed by atoms with Gasteiger partial charge in [-0.2, -0.15) is 5.10 Å². The highest BCUT2D eigenvalue weighted by molar-refractivity contribution is 5.81.